The van der Waals surface area contributed by atoms with E-state index < -0.39 is 0 Å². The first-order chi connectivity index (χ1) is 12.1. The van der Waals surface area contributed by atoms with Crippen LogP contribution in [-0.2, 0) is 17.8 Å². The van der Waals surface area contributed by atoms with E-state index in [0.717, 1.165) is 43.0 Å². The van der Waals surface area contributed by atoms with Crippen LogP contribution in [0.15, 0.2) is 18.2 Å². The molecule has 0 bridgehead atoms. The molecule has 1 saturated heterocycles. The van der Waals surface area contributed by atoms with Crippen molar-refractivity contribution in [2.45, 2.75) is 45.7 Å². The van der Waals surface area contributed by atoms with E-state index in [1.165, 1.54) is 0 Å². The van der Waals surface area contributed by atoms with Crippen molar-refractivity contribution in [1.29, 1.82) is 0 Å². The van der Waals surface area contributed by atoms with Crippen LogP contribution in [0, 0.1) is 6.92 Å². The molecule has 2 heterocycles. The predicted octanol–water partition coefficient (Wildman–Crippen LogP) is 2.29. The van der Waals surface area contributed by atoms with Gasteiger partial charge in [0.15, 0.2) is 0 Å². The molecule has 134 valence electrons. The molecule has 3 rings (SSSR count). The molecule has 1 unspecified atom stereocenters. The fourth-order valence-corrected chi connectivity index (χ4v) is 3.20. The van der Waals surface area contributed by atoms with Gasteiger partial charge in [-0.1, -0.05) is 13.0 Å². The maximum Gasteiger partial charge on any atom is 0.241 e. The molecule has 1 aromatic heterocycles. The first-order valence-electron chi connectivity index (χ1n) is 8.70. The van der Waals surface area contributed by atoms with Gasteiger partial charge in [0.1, 0.15) is 17.4 Å². The van der Waals surface area contributed by atoms with E-state index in [2.05, 4.69) is 25.4 Å². The summed E-state index contributed by atoms with van der Waals surface area (Å²) in [6, 6.07) is 5.60. The number of carbonyl (C=O) groups excluding carboxylic acids is 1. The maximum absolute atomic E-state index is 12.8. The maximum atomic E-state index is 12.8. The zero-order chi connectivity index (χ0) is 17.8. The molecule has 0 spiro atoms. The smallest absolute Gasteiger partial charge is 0.241 e. The second-order valence-electron chi connectivity index (χ2n) is 6.37. The normalized spacial score (nSPS) is 17.6. The lowest BCUT2D eigenvalue weighted by Gasteiger charge is -2.23. The van der Waals surface area contributed by atoms with Crippen molar-refractivity contribution in [3.05, 3.63) is 35.4 Å². The minimum Gasteiger partial charge on any atom is -0.495 e. The van der Waals surface area contributed by atoms with Crippen LogP contribution in [0.25, 0.3) is 0 Å². The molecule has 1 aromatic carbocycles. The van der Waals surface area contributed by atoms with E-state index >= 15 is 0 Å². The molecule has 2 N–H and O–H groups in total. The van der Waals surface area contributed by atoms with Crippen LogP contribution in [0.3, 0.4) is 0 Å². The van der Waals surface area contributed by atoms with E-state index in [1.807, 2.05) is 32.0 Å². The number of aromatic nitrogens is 3. The Labute approximate surface area is 147 Å². The highest BCUT2D eigenvalue weighted by atomic mass is 16.5. The van der Waals surface area contributed by atoms with Crippen LogP contribution in [-0.4, -0.2) is 45.7 Å². The number of rotatable bonds is 6. The van der Waals surface area contributed by atoms with Crippen LogP contribution < -0.4 is 10.1 Å². The number of likely N-dealkylation sites (tertiary alicyclic amines) is 1. The van der Waals surface area contributed by atoms with Crippen LogP contribution in [0.1, 0.15) is 37.0 Å². The Hall–Kier alpha value is -2.41. The number of aryl methyl sites for hydroxylation is 2. The second-order valence-corrected chi connectivity index (χ2v) is 6.37. The average Bonchev–Trinajstić information content (AvgIpc) is 3.24. The molecule has 2 aromatic rings. The Morgan fingerprint density at radius 1 is 1.48 bits per heavy atom. The number of nitrogens with zero attached hydrogens (tertiary/aromatic N) is 3. The van der Waals surface area contributed by atoms with Crippen LogP contribution in [0.5, 0.6) is 5.75 Å². The largest absolute Gasteiger partial charge is 0.495 e. The van der Waals surface area contributed by atoms with Crippen molar-refractivity contribution >= 4 is 11.6 Å². The van der Waals surface area contributed by atoms with Gasteiger partial charge in [-0.2, -0.15) is 5.10 Å². The third-order valence-corrected chi connectivity index (χ3v) is 4.53. The van der Waals surface area contributed by atoms with Gasteiger partial charge in [-0.25, -0.2) is 4.98 Å². The Balaban J connectivity index is 1.69. The molecule has 1 amide bonds. The number of hydrogen-bond donors (Lipinski definition) is 2. The van der Waals surface area contributed by atoms with E-state index in [1.54, 1.807) is 7.11 Å². The van der Waals surface area contributed by atoms with Gasteiger partial charge in [-0.05, 0) is 44.0 Å². The Bertz CT molecular complexity index is 743. The molecule has 0 aliphatic carbocycles. The summed E-state index contributed by atoms with van der Waals surface area (Å²) in [6.07, 6.45) is 2.64. The quantitative estimate of drug-likeness (QED) is 0.841. The van der Waals surface area contributed by atoms with E-state index in [4.69, 9.17) is 4.74 Å². The van der Waals surface area contributed by atoms with Crippen molar-refractivity contribution < 1.29 is 9.53 Å². The summed E-state index contributed by atoms with van der Waals surface area (Å²) in [5, 5.41) is 10.2. The first kappa shape index (κ1) is 17.4. The van der Waals surface area contributed by atoms with Gasteiger partial charge in [0.2, 0.25) is 5.91 Å². The Kier molecular flexibility index (Phi) is 5.33. The summed E-state index contributed by atoms with van der Waals surface area (Å²) >= 11 is 0. The van der Waals surface area contributed by atoms with Crippen molar-refractivity contribution in [2.75, 3.05) is 19.0 Å². The van der Waals surface area contributed by atoms with E-state index in [-0.39, 0.29) is 11.9 Å². The second kappa shape index (κ2) is 7.65. The average molecular weight is 343 g/mol. The molecule has 1 atom stereocenters. The molecule has 25 heavy (non-hydrogen) atoms. The summed E-state index contributed by atoms with van der Waals surface area (Å²) in [5.74, 6) is 2.28. The number of anilines is 1. The standard InChI is InChI=1S/C18H25N5O2/c1-4-16-20-17(22-21-16)11-23-9-5-6-14(23)18(24)19-13-10-12(2)7-8-15(13)25-3/h7-8,10,14H,4-6,9,11H2,1-3H3,(H,19,24)(H,20,21,22). The lowest BCUT2D eigenvalue weighted by Crippen LogP contribution is -2.39. The molecule has 1 aliphatic rings. The molecule has 1 aliphatic heterocycles. The van der Waals surface area contributed by atoms with Crippen molar-refractivity contribution in [3.8, 4) is 5.75 Å². The van der Waals surface area contributed by atoms with E-state index in [9.17, 15) is 4.79 Å². The highest BCUT2D eigenvalue weighted by molar-refractivity contribution is 5.96. The van der Waals surface area contributed by atoms with Crippen molar-refractivity contribution in [3.63, 3.8) is 0 Å². The molecule has 7 heteroatoms. The minimum absolute atomic E-state index is 0.00312. The van der Waals surface area contributed by atoms with Crippen LogP contribution >= 0.6 is 0 Å². The number of amides is 1. The highest BCUT2D eigenvalue weighted by Gasteiger charge is 2.31. The molecular formula is C18H25N5O2. The predicted molar refractivity (Wildman–Crippen MR) is 95.6 cm³/mol. The third kappa shape index (κ3) is 3.99. The number of carbonyl (C=O) groups is 1. The van der Waals surface area contributed by atoms with Gasteiger partial charge in [0, 0.05) is 6.42 Å². The Morgan fingerprint density at radius 3 is 3.04 bits per heavy atom. The lowest BCUT2D eigenvalue weighted by atomic mass is 10.1. The highest BCUT2D eigenvalue weighted by Crippen LogP contribution is 2.27. The van der Waals surface area contributed by atoms with Gasteiger partial charge in [-0.15, -0.1) is 0 Å². The molecule has 1 fully saturated rings. The Morgan fingerprint density at radius 2 is 2.32 bits per heavy atom. The van der Waals surface area contributed by atoms with Gasteiger partial charge in [0.05, 0.1) is 25.4 Å². The van der Waals surface area contributed by atoms with Gasteiger partial charge < -0.3 is 10.1 Å². The topological polar surface area (TPSA) is 83.1 Å². The summed E-state index contributed by atoms with van der Waals surface area (Å²) in [7, 11) is 1.61. The summed E-state index contributed by atoms with van der Waals surface area (Å²) < 4.78 is 5.35. The monoisotopic (exact) mass is 343 g/mol. The number of methoxy groups -OCH3 is 1. The zero-order valence-electron chi connectivity index (χ0n) is 15.0. The number of nitrogens with one attached hydrogen (secondary N) is 2. The number of ether oxygens (including phenoxy) is 1. The first-order valence-corrected chi connectivity index (χ1v) is 8.70. The SMILES string of the molecule is CCc1n[nH]c(CN2CCCC2C(=O)Nc2cc(C)ccc2OC)n1. The van der Waals surface area contributed by atoms with Gasteiger partial charge >= 0.3 is 0 Å². The van der Waals surface area contributed by atoms with Gasteiger partial charge in [-0.3, -0.25) is 14.8 Å². The van der Waals surface area contributed by atoms with Crippen LogP contribution in [0.2, 0.25) is 0 Å². The molecule has 7 nitrogen and oxygen atoms in total. The summed E-state index contributed by atoms with van der Waals surface area (Å²) in [6.45, 7) is 5.50. The summed E-state index contributed by atoms with van der Waals surface area (Å²) in [4.78, 5) is 19.4. The zero-order valence-corrected chi connectivity index (χ0v) is 15.0. The molecule has 0 saturated carbocycles. The number of aromatic amines is 1. The number of hydrogen-bond acceptors (Lipinski definition) is 5. The fourth-order valence-electron chi connectivity index (χ4n) is 3.20. The summed E-state index contributed by atoms with van der Waals surface area (Å²) in [5.41, 5.74) is 1.79. The minimum atomic E-state index is -0.166. The van der Waals surface area contributed by atoms with Crippen molar-refractivity contribution in [2.24, 2.45) is 0 Å². The molecule has 0 radical (unpaired) electrons. The lowest BCUT2D eigenvalue weighted by molar-refractivity contribution is -0.120. The van der Waals surface area contributed by atoms with Crippen molar-refractivity contribution in [1.82, 2.24) is 20.1 Å². The fraction of sp³-hybridized carbons (Fsp3) is 0.500. The number of benzene rings is 1. The number of H-pyrrole nitrogens is 1. The van der Waals surface area contributed by atoms with Crippen LogP contribution in [0.4, 0.5) is 5.69 Å². The third-order valence-electron chi connectivity index (χ3n) is 4.53. The van der Waals surface area contributed by atoms with Gasteiger partial charge in [0.25, 0.3) is 0 Å². The molecular weight excluding hydrogens is 318 g/mol. The van der Waals surface area contributed by atoms with E-state index in [0.29, 0.717) is 18.0 Å².